The van der Waals surface area contributed by atoms with Gasteiger partial charge in [0.05, 0.1) is 5.69 Å². The van der Waals surface area contributed by atoms with Crippen molar-refractivity contribution >= 4 is 5.91 Å². The van der Waals surface area contributed by atoms with Gasteiger partial charge in [0.1, 0.15) is 0 Å². The Labute approximate surface area is 121 Å². The molecule has 5 heteroatoms. The van der Waals surface area contributed by atoms with Crippen LogP contribution in [0.1, 0.15) is 29.8 Å². The molecule has 0 N–H and O–H groups in total. The number of likely N-dealkylation sites (N-methyl/N-ethyl adjacent to an activating group) is 1. The summed E-state index contributed by atoms with van der Waals surface area (Å²) in [6.07, 6.45) is 2.47. The summed E-state index contributed by atoms with van der Waals surface area (Å²) in [6, 6.07) is 0. The van der Waals surface area contributed by atoms with Crippen molar-refractivity contribution in [1.29, 1.82) is 0 Å². The Kier molecular flexibility index (Phi) is 4.81. The molecule has 0 bridgehead atoms. The van der Waals surface area contributed by atoms with Crippen LogP contribution in [-0.4, -0.2) is 58.7 Å². The van der Waals surface area contributed by atoms with Crippen LogP contribution in [0.15, 0.2) is 0 Å². The minimum absolute atomic E-state index is 0.281. The second-order valence-electron chi connectivity index (χ2n) is 5.81. The van der Waals surface area contributed by atoms with Crippen LogP contribution in [0.2, 0.25) is 0 Å². The maximum Gasteiger partial charge on any atom is 0.222 e. The van der Waals surface area contributed by atoms with Gasteiger partial charge in [0.15, 0.2) is 0 Å². The lowest BCUT2D eigenvalue weighted by Crippen LogP contribution is -2.34. The molecule has 20 heavy (non-hydrogen) atoms. The van der Waals surface area contributed by atoms with Gasteiger partial charge < -0.3 is 9.80 Å². The Morgan fingerprint density at radius 3 is 2.55 bits per heavy atom. The number of amides is 1. The van der Waals surface area contributed by atoms with E-state index >= 15 is 0 Å². The molecule has 1 fully saturated rings. The highest BCUT2D eigenvalue weighted by Gasteiger charge is 2.18. The van der Waals surface area contributed by atoms with E-state index in [2.05, 4.69) is 24.0 Å². The SMILES string of the molecule is Cc1nn(C)c(C)c1CCC(=O)N1CCCN(C)CC1. The topological polar surface area (TPSA) is 41.4 Å². The first kappa shape index (κ1) is 15.0. The van der Waals surface area contributed by atoms with E-state index in [-0.39, 0.29) is 5.91 Å². The van der Waals surface area contributed by atoms with Gasteiger partial charge in [-0.3, -0.25) is 9.48 Å². The summed E-state index contributed by atoms with van der Waals surface area (Å²) >= 11 is 0. The fraction of sp³-hybridized carbons (Fsp3) is 0.733. The van der Waals surface area contributed by atoms with E-state index in [1.54, 1.807) is 0 Å². The zero-order valence-corrected chi connectivity index (χ0v) is 13.1. The minimum Gasteiger partial charge on any atom is -0.341 e. The molecule has 1 saturated heterocycles. The van der Waals surface area contributed by atoms with Crippen LogP contribution in [0.4, 0.5) is 0 Å². The smallest absolute Gasteiger partial charge is 0.222 e. The van der Waals surface area contributed by atoms with Crippen molar-refractivity contribution in [1.82, 2.24) is 19.6 Å². The molecule has 2 heterocycles. The van der Waals surface area contributed by atoms with E-state index in [1.807, 2.05) is 23.6 Å². The van der Waals surface area contributed by atoms with Crippen molar-refractivity contribution in [2.24, 2.45) is 7.05 Å². The number of aryl methyl sites for hydroxylation is 2. The van der Waals surface area contributed by atoms with Crippen molar-refractivity contribution in [3.05, 3.63) is 17.0 Å². The standard InChI is InChI=1S/C15H26N4O/c1-12-14(13(2)18(4)16-12)6-7-15(20)19-9-5-8-17(3)10-11-19/h5-11H2,1-4H3. The van der Waals surface area contributed by atoms with E-state index in [0.29, 0.717) is 6.42 Å². The monoisotopic (exact) mass is 278 g/mol. The molecule has 1 aromatic heterocycles. The highest BCUT2D eigenvalue weighted by molar-refractivity contribution is 5.76. The van der Waals surface area contributed by atoms with Gasteiger partial charge in [-0.1, -0.05) is 0 Å². The lowest BCUT2D eigenvalue weighted by Gasteiger charge is -2.20. The van der Waals surface area contributed by atoms with Gasteiger partial charge in [-0.15, -0.1) is 0 Å². The zero-order chi connectivity index (χ0) is 14.7. The zero-order valence-electron chi connectivity index (χ0n) is 13.1. The van der Waals surface area contributed by atoms with Gasteiger partial charge in [-0.05, 0) is 45.8 Å². The van der Waals surface area contributed by atoms with E-state index in [0.717, 1.165) is 44.7 Å². The molecule has 0 spiro atoms. The predicted octanol–water partition coefficient (Wildman–Crippen LogP) is 1.13. The first-order chi connectivity index (χ1) is 9.49. The van der Waals surface area contributed by atoms with Gasteiger partial charge in [-0.25, -0.2) is 0 Å². The molecule has 0 unspecified atom stereocenters. The summed E-state index contributed by atoms with van der Waals surface area (Å²) in [5.74, 6) is 0.281. The molecular formula is C15H26N4O. The quantitative estimate of drug-likeness (QED) is 0.832. The second-order valence-corrected chi connectivity index (χ2v) is 5.81. The Morgan fingerprint density at radius 2 is 1.90 bits per heavy atom. The first-order valence-electron chi connectivity index (χ1n) is 7.44. The molecule has 0 radical (unpaired) electrons. The molecule has 1 aliphatic rings. The average Bonchev–Trinajstić information content (AvgIpc) is 2.59. The van der Waals surface area contributed by atoms with Crippen LogP contribution < -0.4 is 0 Å². The molecule has 0 aromatic carbocycles. The highest BCUT2D eigenvalue weighted by Crippen LogP contribution is 2.15. The van der Waals surface area contributed by atoms with Crippen LogP contribution in [0.5, 0.6) is 0 Å². The normalized spacial score (nSPS) is 17.3. The summed E-state index contributed by atoms with van der Waals surface area (Å²) in [5, 5.41) is 4.41. The summed E-state index contributed by atoms with van der Waals surface area (Å²) in [5.41, 5.74) is 3.45. The number of aromatic nitrogens is 2. The number of hydrogen-bond acceptors (Lipinski definition) is 3. The number of carbonyl (C=O) groups excluding carboxylic acids is 1. The number of rotatable bonds is 3. The van der Waals surface area contributed by atoms with Crippen LogP contribution in [0.25, 0.3) is 0 Å². The first-order valence-corrected chi connectivity index (χ1v) is 7.44. The van der Waals surface area contributed by atoms with E-state index in [1.165, 1.54) is 11.3 Å². The Balaban J connectivity index is 1.91. The van der Waals surface area contributed by atoms with Gasteiger partial charge in [0, 0.05) is 38.8 Å². The third-order valence-corrected chi connectivity index (χ3v) is 4.32. The van der Waals surface area contributed by atoms with Crippen LogP contribution in [0.3, 0.4) is 0 Å². The summed E-state index contributed by atoms with van der Waals surface area (Å²) in [7, 11) is 4.08. The van der Waals surface area contributed by atoms with Crippen molar-refractivity contribution < 1.29 is 4.79 Å². The molecule has 0 atom stereocenters. The maximum atomic E-state index is 12.3. The molecule has 1 aliphatic heterocycles. The lowest BCUT2D eigenvalue weighted by atomic mass is 10.1. The van der Waals surface area contributed by atoms with E-state index in [9.17, 15) is 4.79 Å². The van der Waals surface area contributed by atoms with Crippen LogP contribution in [0, 0.1) is 13.8 Å². The predicted molar refractivity (Wildman–Crippen MR) is 79.7 cm³/mol. The molecule has 1 amide bonds. The highest BCUT2D eigenvalue weighted by atomic mass is 16.2. The van der Waals surface area contributed by atoms with Gasteiger partial charge in [0.25, 0.3) is 0 Å². The third-order valence-electron chi connectivity index (χ3n) is 4.32. The molecule has 112 valence electrons. The lowest BCUT2D eigenvalue weighted by molar-refractivity contribution is -0.131. The molecule has 0 saturated carbocycles. The Hall–Kier alpha value is -1.36. The fourth-order valence-electron chi connectivity index (χ4n) is 2.87. The molecule has 2 rings (SSSR count). The maximum absolute atomic E-state index is 12.3. The van der Waals surface area contributed by atoms with Crippen molar-refractivity contribution in [3.63, 3.8) is 0 Å². The molecule has 1 aromatic rings. The van der Waals surface area contributed by atoms with Crippen LogP contribution >= 0.6 is 0 Å². The molecule has 0 aliphatic carbocycles. The van der Waals surface area contributed by atoms with Gasteiger partial charge in [0.2, 0.25) is 5.91 Å². The summed E-state index contributed by atoms with van der Waals surface area (Å²) in [6.45, 7) is 7.92. The minimum atomic E-state index is 0.281. The van der Waals surface area contributed by atoms with Gasteiger partial charge >= 0.3 is 0 Å². The Morgan fingerprint density at radius 1 is 1.15 bits per heavy atom. The largest absolute Gasteiger partial charge is 0.341 e. The fourth-order valence-corrected chi connectivity index (χ4v) is 2.87. The van der Waals surface area contributed by atoms with Crippen molar-refractivity contribution in [2.45, 2.75) is 33.1 Å². The number of hydrogen-bond donors (Lipinski definition) is 0. The van der Waals surface area contributed by atoms with Crippen molar-refractivity contribution in [3.8, 4) is 0 Å². The van der Waals surface area contributed by atoms with E-state index in [4.69, 9.17) is 0 Å². The average molecular weight is 278 g/mol. The number of carbonyl (C=O) groups is 1. The Bertz CT molecular complexity index is 480. The third kappa shape index (κ3) is 3.39. The summed E-state index contributed by atoms with van der Waals surface area (Å²) in [4.78, 5) is 16.7. The van der Waals surface area contributed by atoms with Crippen molar-refractivity contribution in [2.75, 3.05) is 33.2 Å². The second kappa shape index (κ2) is 6.39. The molecule has 5 nitrogen and oxygen atoms in total. The van der Waals surface area contributed by atoms with E-state index < -0.39 is 0 Å². The van der Waals surface area contributed by atoms with Crippen LogP contribution in [-0.2, 0) is 18.3 Å². The number of nitrogens with zero attached hydrogens (tertiary/aromatic N) is 4. The summed E-state index contributed by atoms with van der Waals surface area (Å²) < 4.78 is 1.90. The van der Waals surface area contributed by atoms with Gasteiger partial charge in [-0.2, -0.15) is 5.10 Å². The molecular weight excluding hydrogens is 252 g/mol.